The molecule has 3 heterocycles. The van der Waals surface area contributed by atoms with Gasteiger partial charge in [0, 0.05) is 16.5 Å². The predicted octanol–water partition coefficient (Wildman–Crippen LogP) is -1.25. The molecular formula is C14H13N3O6S. The van der Waals surface area contributed by atoms with Crippen LogP contribution in [0, 0.1) is 6.92 Å². The number of imide groups is 1. The molecule has 5 N–H and O–H groups in total. The van der Waals surface area contributed by atoms with Gasteiger partial charge in [-0.3, -0.25) is 24.7 Å². The molecule has 126 valence electrons. The highest BCUT2D eigenvalue weighted by Crippen LogP contribution is 2.27. The Morgan fingerprint density at radius 3 is 2.71 bits per heavy atom. The lowest BCUT2D eigenvalue weighted by atomic mass is 9.96. The van der Waals surface area contributed by atoms with Crippen LogP contribution in [0.1, 0.15) is 21.8 Å². The molecule has 2 aromatic heterocycles. The molecule has 0 aliphatic carbocycles. The van der Waals surface area contributed by atoms with Crippen molar-refractivity contribution in [1.29, 1.82) is 0 Å². The molecule has 10 heteroatoms. The Morgan fingerprint density at radius 2 is 2.00 bits per heavy atom. The topological polar surface area (TPSA) is 149 Å². The summed E-state index contributed by atoms with van der Waals surface area (Å²) in [5.74, 6) is -6.42. The number of thiophene rings is 1. The van der Waals surface area contributed by atoms with Gasteiger partial charge in [-0.1, -0.05) is 6.07 Å². The second-order valence-corrected chi connectivity index (χ2v) is 6.43. The van der Waals surface area contributed by atoms with Gasteiger partial charge in [-0.25, -0.2) is 0 Å². The molecule has 1 saturated heterocycles. The SMILES string of the molecule is Cc1ccc2csc(C(=O)NC3(O)CC(O)(O)C(=O)NC3=O)c2n1. The van der Waals surface area contributed by atoms with Gasteiger partial charge in [0.05, 0.1) is 11.9 Å². The minimum atomic E-state index is -2.98. The van der Waals surface area contributed by atoms with E-state index in [1.54, 1.807) is 29.8 Å². The van der Waals surface area contributed by atoms with Gasteiger partial charge >= 0.3 is 0 Å². The second kappa shape index (κ2) is 5.31. The lowest BCUT2D eigenvalue weighted by molar-refractivity contribution is -0.218. The number of piperidine rings is 1. The second-order valence-electron chi connectivity index (χ2n) is 5.55. The standard InChI is InChI=1S/C14H13N3O6S/c1-6-2-3-7-4-24-9(8(7)15-6)10(18)17-13(21)5-14(22,23)12(20)16-11(13)19/h2-4,21-23H,5H2,1H3,(H,17,18)(H,16,19,20). The maximum atomic E-state index is 12.4. The summed E-state index contributed by atoms with van der Waals surface area (Å²) < 4.78 is 0. The molecule has 0 saturated carbocycles. The molecule has 1 fully saturated rings. The summed E-state index contributed by atoms with van der Waals surface area (Å²) in [6.07, 6.45) is -1.09. The van der Waals surface area contributed by atoms with Crippen molar-refractivity contribution in [2.24, 2.45) is 0 Å². The molecule has 3 rings (SSSR count). The van der Waals surface area contributed by atoms with Crippen LogP contribution in [0.4, 0.5) is 0 Å². The van der Waals surface area contributed by atoms with E-state index in [0.29, 0.717) is 16.6 Å². The minimum absolute atomic E-state index is 0.147. The third kappa shape index (κ3) is 2.65. The van der Waals surface area contributed by atoms with Crippen molar-refractivity contribution < 1.29 is 29.7 Å². The van der Waals surface area contributed by atoms with Crippen LogP contribution in [-0.2, 0) is 9.59 Å². The summed E-state index contributed by atoms with van der Waals surface area (Å²) >= 11 is 1.06. The lowest BCUT2D eigenvalue weighted by Crippen LogP contribution is -2.70. The van der Waals surface area contributed by atoms with Gasteiger partial charge in [0.2, 0.25) is 11.5 Å². The Kier molecular flexibility index (Phi) is 3.64. The fourth-order valence-electron chi connectivity index (χ4n) is 2.35. The van der Waals surface area contributed by atoms with E-state index >= 15 is 0 Å². The van der Waals surface area contributed by atoms with Crippen molar-refractivity contribution in [1.82, 2.24) is 15.6 Å². The first kappa shape index (κ1) is 16.5. The average molecular weight is 351 g/mol. The normalized spacial score (nSPS) is 23.2. The van der Waals surface area contributed by atoms with Crippen LogP contribution in [0.2, 0.25) is 0 Å². The van der Waals surface area contributed by atoms with Gasteiger partial charge in [0.25, 0.3) is 17.7 Å². The van der Waals surface area contributed by atoms with Crippen LogP contribution in [0.25, 0.3) is 10.9 Å². The number of rotatable bonds is 2. The van der Waals surface area contributed by atoms with Crippen molar-refractivity contribution in [3.63, 3.8) is 0 Å². The molecule has 3 amide bonds. The van der Waals surface area contributed by atoms with E-state index in [9.17, 15) is 29.7 Å². The van der Waals surface area contributed by atoms with E-state index in [2.05, 4.69) is 4.98 Å². The molecule has 24 heavy (non-hydrogen) atoms. The zero-order valence-electron chi connectivity index (χ0n) is 12.4. The van der Waals surface area contributed by atoms with Gasteiger partial charge < -0.3 is 20.6 Å². The number of amides is 3. The number of carbonyl (C=O) groups is 3. The number of fused-ring (bicyclic) bond motifs is 1. The zero-order chi connectivity index (χ0) is 17.7. The van der Waals surface area contributed by atoms with Crippen LogP contribution in [-0.4, -0.2) is 49.5 Å². The third-order valence-electron chi connectivity index (χ3n) is 3.58. The number of nitrogens with zero attached hydrogens (tertiary/aromatic N) is 1. The maximum absolute atomic E-state index is 12.4. The number of hydrogen-bond acceptors (Lipinski definition) is 8. The third-order valence-corrected chi connectivity index (χ3v) is 4.57. The van der Waals surface area contributed by atoms with E-state index in [1.807, 2.05) is 5.32 Å². The zero-order valence-corrected chi connectivity index (χ0v) is 13.2. The van der Waals surface area contributed by atoms with Gasteiger partial charge in [0.1, 0.15) is 4.88 Å². The summed E-state index contributed by atoms with van der Waals surface area (Å²) in [6.45, 7) is 1.75. The number of carbonyl (C=O) groups excluding carboxylic acids is 3. The van der Waals surface area contributed by atoms with E-state index in [4.69, 9.17) is 0 Å². The summed E-state index contributed by atoms with van der Waals surface area (Å²) in [7, 11) is 0. The van der Waals surface area contributed by atoms with Crippen molar-refractivity contribution in [2.45, 2.75) is 24.9 Å². The van der Waals surface area contributed by atoms with Gasteiger partial charge in [-0.2, -0.15) is 0 Å². The van der Waals surface area contributed by atoms with Crippen LogP contribution in [0.15, 0.2) is 17.5 Å². The first-order chi connectivity index (χ1) is 11.1. The van der Waals surface area contributed by atoms with Crippen molar-refractivity contribution in [3.05, 3.63) is 28.1 Å². The number of hydrogen-bond donors (Lipinski definition) is 5. The molecule has 2 aromatic rings. The fraction of sp³-hybridized carbons (Fsp3) is 0.286. The molecule has 0 spiro atoms. The van der Waals surface area contributed by atoms with Crippen molar-refractivity contribution in [3.8, 4) is 0 Å². The fourth-order valence-corrected chi connectivity index (χ4v) is 3.22. The van der Waals surface area contributed by atoms with Gasteiger partial charge in [-0.05, 0) is 13.0 Å². The molecule has 0 bridgehead atoms. The number of aromatic nitrogens is 1. The van der Waals surface area contributed by atoms with Crippen molar-refractivity contribution >= 4 is 40.0 Å². The Balaban J connectivity index is 1.92. The van der Waals surface area contributed by atoms with E-state index in [0.717, 1.165) is 11.3 Å². The monoisotopic (exact) mass is 351 g/mol. The highest BCUT2D eigenvalue weighted by molar-refractivity contribution is 7.13. The van der Waals surface area contributed by atoms with E-state index in [1.165, 1.54) is 0 Å². The molecule has 9 nitrogen and oxygen atoms in total. The average Bonchev–Trinajstić information content (AvgIpc) is 2.88. The van der Waals surface area contributed by atoms with Crippen LogP contribution < -0.4 is 10.6 Å². The van der Waals surface area contributed by atoms with Crippen LogP contribution >= 0.6 is 11.3 Å². The van der Waals surface area contributed by atoms with Gasteiger partial charge in [0.15, 0.2) is 0 Å². The molecule has 0 radical (unpaired) electrons. The minimum Gasteiger partial charge on any atom is -0.363 e. The summed E-state index contributed by atoms with van der Waals surface area (Å²) in [5, 5.41) is 35.3. The number of pyridine rings is 1. The Morgan fingerprint density at radius 1 is 1.29 bits per heavy atom. The van der Waals surface area contributed by atoms with Crippen LogP contribution in [0.3, 0.4) is 0 Å². The predicted molar refractivity (Wildman–Crippen MR) is 81.7 cm³/mol. The van der Waals surface area contributed by atoms with Crippen LogP contribution in [0.5, 0.6) is 0 Å². The van der Waals surface area contributed by atoms with Crippen molar-refractivity contribution in [2.75, 3.05) is 0 Å². The Labute approximate surface area is 138 Å². The highest BCUT2D eigenvalue weighted by atomic mass is 32.1. The van der Waals surface area contributed by atoms with Gasteiger partial charge in [-0.15, -0.1) is 11.3 Å². The number of nitrogens with one attached hydrogen (secondary N) is 2. The smallest absolute Gasteiger partial charge is 0.286 e. The summed E-state index contributed by atoms with van der Waals surface area (Å²) in [4.78, 5) is 39.9. The molecule has 1 aliphatic heterocycles. The molecule has 1 unspecified atom stereocenters. The summed E-state index contributed by atoms with van der Waals surface area (Å²) in [5.41, 5.74) is -1.57. The van der Waals surface area contributed by atoms with E-state index in [-0.39, 0.29) is 4.88 Å². The summed E-state index contributed by atoms with van der Waals surface area (Å²) in [6, 6.07) is 3.55. The number of aryl methyl sites for hydroxylation is 1. The molecular weight excluding hydrogens is 338 g/mol. The molecule has 1 aliphatic rings. The largest absolute Gasteiger partial charge is 0.363 e. The Bertz CT molecular complexity index is 877. The Hall–Kier alpha value is -2.40. The molecule has 0 aromatic carbocycles. The first-order valence-electron chi connectivity index (χ1n) is 6.83. The lowest BCUT2D eigenvalue weighted by Gasteiger charge is -2.36. The maximum Gasteiger partial charge on any atom is 0.286 e. The quantitative estimate of drug-likeness (QED) is 0.335. The molecule has 1 atom stereocenters. The number of aliphatic hydroxyl groups is 3. The first-order valence-corrected chi connectivity index (χ1v) is 7.71. The van der Waals surface area contributed by atoms with E-state index < -0.39 is 35.7 Å². The highest BCUT2D eigenvalue weighted by Gasteiger charge is 2.54.